The molecule has 3 rings (SSSR count). The molecule has 0 radical (unpaired) electrons. The highest BCUT2D eigenvalue weighted by molar-refractivity contribution is 5.90. The summed E-state index contributed by atoms with van der Waals surface area (Å²) in [5, 5.41) is 3.03. The Labute approximate surface area is 185 Å². The molecule has 1 atom stereocenters. The fourth-order valence-electron chi connectivity index (χ4n) is 4.01. The highest BCUT2D eigenvalue weighted by Crippen LogP contribution is 2.37. The first-order valence-corrected chi connectivity index (χ1v) is 11.0. The van der Waals surface area contributed by atoms with Gasteiger partial charge in [0.25, 0.3) is 0 Å². The molecule has 6 nitrogen and oxygen atoms in total. The molecule has 1 fully saturated rings. The molecule has 1 aliphatic rings. The number of carbonyl (C=O) groups is 1. The Hall–Kier alpha value is -2.89. The third-order valence-corrected chi connectivity index (χ3v) is 5.61. The van der Waals surface area contributed by atoms with Crippen molar-refractivity contribution in [2.24, 2.45) is 5.92 Å². The van der Waals surface area contributed by atoms with E-state index in [2.05, 4.69) is 19.2 Å². The van der Waals surface area contributed by atoms with E-state index in [9.17, 15) is 4.79 Å². The van der Waals surface area contributed by atoms with Gasteiger partial charge in [-0.05, 0) is 49.8 Å². The quantitative estimate of drug-likeness (QED) is 0.508. The lowest BCUT2D eigenvalue weighted by atomic mass is 10.0. The highest BCUT2D eigenvalue weighted by atomic mass is 16.5. The second-order valence-electron chi connectivity index (χ2n) is 8.27. The number of ether oxygens (including phenoxy) is 3. The van der Waals surface area contributed by atoms with Gasteiger partial charge in [0.1, 0.15) is 5.75 Å². The maximum atomic E-state index is 13.1. The number of methoxy groups -OCH3 is 2. The van der Waals surface area contributed by atoms with E-state index in [4.69, 9.17) is 14.2 Å². The number of urea groups is 1. The smallest absolute Gasteiger partial charge is 0.322 e. The van der Waals surface area contributed by atoms with Crippen molar-refractivity contribution in [1.82, 2.24) is 4.90 Å². The maximum Gasteiger partial charge on any atom is 0.322 e. The summed E-state index contributed by atoms with van der Waals surface area (Å²) < 4.78 is 16.9. The Morgan fingerprint density at radius 2 is 1.87 bits per heavy atom. The van der Waals surface area contributed by atoms with Gasteiger partial charge in [0.15, 0.2) is 11.5 Å². The highest BCUT2D eigenvalue weighted by Gasteiger charge is 2.31. The van der Waals surface area contributed by atoms with Crippen LogP contribution in [0.5, 0.6) is 17.2 Å². The number of nitrogens with zero attached hydrogens (tertiary/aromatic N) is 1. The van der Waals surface area contributed by atoms with E-state index < -0.39 is 0 Å². The van der Waals surface area contributed by atoms with Gasteiger partial charge in [-0.1, -0.05) is 32.0 Å². The number of rotatable bonds is 9. The van der Waals surface area contributed by atoms with Crippen LogP contribution in [-0.4, -0.2) is 38.3 Å². The van der Waals surface area contributed by atoms with Crippen molar-refractivity contribution >= 4 is 11.7 Å². The number of likely N-dealkylation sites (tertiary alicyclic amines) is 1. The third-order valence-electron chi connectivity index (χ3n) is 5.61. The van der Waals surface area contributed by atoms with Crippen molar-refractivity contribution in [1.29, 1.82) is 0 Å². The molecule has 2 aromatic carbocycles. The van der Waals surface area contributed by atoms with E-state index >= 15 is 0 Å². The average Bonchev–Trinajstić information content (AvgIpc) is 3.26. The molecule has 0 bridgehead atoms. The van der Waals surface area contributed by atoms with Crippen LogP contribution in [0.1, 0.15) is 51.1 Å². The summed E-state index contributed by atoms with van der Waals surface area (Å²) in [6.07, 6.45) is 3.97. The minimum atomic E-state index is -0.121. The third kappa shape index (κ3) is 5.84. The van der Waals surface area contributed by atoms with Crippen LogP contribution in [0.25, 0.3) is 0 Å². The lowest BCUT2D eigenvalue weighted by molar-refractivity contribution is 0.206. The molecule has 1 saturated heterocycles. The van der Waals surface area contributed by atoms with Gasteiger partial charge in [-0.15, -0.1) is 0 Å². The van der Waals surface area contributed by atoms with E-state index in [0.29, 0.717) is 36.3 Å². The first-order valence-electron chi connectivity index (χ1n) is 11.0. The van der Waals surface area contributed by atoms with Crippen LogP contribution < -0.4 is 19.5 Å². The minimum absolute atomic E-state index is 0.00107. The fourth-order valence-corrected chi connectivity index (χ4v) is 4.01. The molecule has 31 heavy (non-hydrogen) atoms. The summed E-state index contributed by atoms with van der Waals surface area (Å²) >= 11 is 0. The van der Waals surface area contributed by atoms with Crippen molar-refractivity contribution in [2.75, 3.05) is 32.7 Å². The number of nitrogens with one attached hydrogen (secondary N) is 1. The standard InChI is InChI=1S/C25H34N2O4/c1-18(2)9-8-16-31-24-17-19(13-14-23(24)30-4)26-25(28)27-15-7-11-21(27)20-10-5-6-12-22(20)29-3/h5-6,10,12-14,17-18,21H,7-9,11,15-16H2,1-4H3,(H,26,28). The molecule has 2 amide bonds. The fraction of sp³-hybridized carbons (Fsp3) is 0.480. The van der Waals surface area contributed by atoms with E-state index in [1.165, 1.54) is 0 Å². The van der Waals surface area contributed by atoms with Crippen LogP contribution >= 0.6 is 0 Å². The lowest BCUT2D eigenvalue weighted by Crippen LogP contribution is -2.34. The lowest BCUT2D eigenvalue weighted by Gasteiger charge is -2.26. The summed E-state index contributed by atoms with van der Waals surface area (Å²) in [6, 6.07) is 13.3. The molecule has 1 heterocycles. The molecule has 0 saturated carbocycles. The van der Waals surface area contributed by atoms with Crippen molar-refractivity contribution in [3.63, 3.8) is 0 Å². The van der Waals surface area contributed by atoms with Gasteiger partial charge in [0.05, 0.1) is 26.9 Å². The summed E-state index contributed by atoms with van der Waals surface area (Å²) in [7, 11) is 3.29. The monoisotopic (exact) mass is 426 g/mol. The van der Waals surface area contributed by atoms with Gasteiger partial charge < -0.3 is 24.4 Å². The molecule has 1 unspecified atom stereocenters. The van der Waals surface area contributed by atoms with Crippen molar-refractivity contribution < 1.29 is 19.0 Å². The molecular formula is C25H34N2O4. The molecule has 1 N–H and O–H groups in total. The van der Waals surface area contributed by atoms with Crippen LogP contribution in [0.3, 0.4) is 0 Å². The average molecular weight is 427 g/mol. The van der Waals surface area contributed by atoms with Crippen LogP contribution in [0.2, 0.25) is 0 Å². The Morgan fingerprint density at radius 3 is 2.61 bits per heavy atom. The van der Waals surface area contributed by atoms with Gasteiger partial charge in [-0.2, -0.15) is 0 Å². The van der Waals surface area contributed by atoms with Crippen LogP contribution in [-0.2, 0) is 0 Å². The Balaban J connectivity index is 1.69. The second-order valence-corrected chi connectivity index (χ2v) is 8.27. The first-order chi connectivity index (χ1) is 15.0. The minimum Gasteiger partial charge on any atom is -0.496 e. The van der Waals surface area contributed by atoms with Gasteiger partial charge in [-0.25, -0.2) is 4.79 Å². The molecule has 6 heteroatoms. The second kappa shape index (κ2) is 10.9. The van der Waals surface area contributed by atoms with Gasteiger partial charge in [0, 0.05) is 23.9 Å². The Bertz CT molecular complexity index is 868. The van der Waals surface area contributed by atoms with Crippen LogP contribution in [0.15, 0.2) is 42.5 Å². The Kier molecular flexibility index (Phi) is 8.04. The zero-order valence-corrected chi connectivity index (χ0v) is 19.0. The zero-order valence-electron chi connectivity index (χ0n) is 19.0. The number of carbonyl (C=O) groups excluding carboxylic acids is 1. The topological polar surface area (TPSA) is 60.0 Å². The maximum absolute atomic E-state index is 13.1. The van der Waals surface area contributed by atoms with Gasteiger partial charge in [0.2, 0.25) is 0 Å². The summed E-state index contributed by atoms with van der Waals surface area (Å²) in [5.74, 6) is 2.77. The predicted octanol–water partition coefficient (Wildman–Crippen LogP) is 5.89. The predicted molar refractivity (Wildman–Crippen MR) is 123 cm³/mol. The molecule has 0 aliphatic carbocycles. The molecule has 2 aromatic rings. The number of para-hydroxylation sites is 1. The summed E-state index contributed by atoms with van der Waals surface area (Å²) in [5.41, 5.74) is 1.73. The Morgan fingerprint density at radius 1 is 1.10 bits per heavy atom. The van der Waals surface area contributed by atoms with Crippen LogP contribution in [0.4, 0.5) is 10.5 Å². The van der Waals surface area contributed by atoms with Crippen molar-refractivity contribution in [3.05, 3.63) is 48.0 Å². The summed E-state index contributed by atoms with van der Waals surface area (Å²) in [4.78, 5) is 15.0. The molecule has 0 aromatic heterocycles. The van der Waals surface area contributed by atoms with E-state index in [1.807, 2.05) is 47.4 Å². The van der Waals surface area contributed by atoms with Gasteiger partial charge in [-0.3, -0.25) is 0 Å². The molecule has 0 spiro atoms. The summed E-state index contributed by atoms with van der Waals surface area (Å²) in [6.45, 7) is 5.73. The van der Waals surface area contributed by atoms with Gasteiger partial charge >= 0.3 is 6.03 Å². The molecule has 1 aliphatic heterocycles. The number of hydrogen-bond donors (Lipinski definition) is 1. The number of anilines is 1. The number of benzene rings is 2. The van der Waals surface area contributed by atoms with E-state index in [1.54, 1.807) is 14.2 Å². The van der Waals surface area contributed by atoms with Crippen molar-refractivity contribution in [2.45, 2.75) is 45.6 Å². The van der Waals surface area contributed by atoms with Crippen molar-refractivity contribution in [3.8, 4) is 17.2 Å². The zero-order chi connectivity index (χ0) is 22.2. The molecule has 168 valence electrons. The largest absolute Gasteiger partial charge is 0.496 e. The molecular weight excluding hydrogens is 392 g/mol. The van der Waals surface area contributed by atoms with E-state index in [-0.39, 0.29) is 12.1 Å². The van der Waals surface area contributed by atoms with E-state index in [0.717, 1.165) is 37.0 Å². The van der Waals surface area contributed by atoms with Crippen LogP contribution in [0, 0.1) is 5.92 Å². The SMILES string of the molecule is COc1ccc(NC(=O)N2CCCC2c2ccccc2OC)cc1OCCCC(C)C. The first kappa shape index (κ1) is 22.8. The normalized spacial score (nSPS) is 15.8. The number of amides is 2. The number of hydrogen-bond acceptors (Lipinski definition) is 4.